The van der Waals surface area contributed by atoms with Gasteiger partial charge >= 0.3 is 0 Å². The third-order valence-electron chi connectivity index (χ3n) is 3.72. The number of methoxy groups -OCH3 is 1. The lowest BCUT2D eigenvalue weighted by Crippen LogP contribution is -2.04. The molecule has 2 nitrogen and oxygen atoms in total. The van der Waals surface area contributed by atoms with Gasteiger partial charge in [-0.25, -0.2) is 0 Å². The summed E-state index contributed by atoms with van der Waals surface area (Å²) in [4.78, 5) is 0. The van der Waals surface area contributed by atoms with E-state index < -0.39 is 0 Å². The summed E-state index contributed by atoms with van der Waals surface area (Å²) in [5, 5.41) is 3.53. The highest BCUT2D eigenvalue weighted by Gasteiger charge is 2.02. The second-order valence-electron chi connectivity index (χ2n) is 5.65. The first-order valence-electron chi connectivity index (χ1n) is 7.60. The van der Waals surface area contributed by atoms with E-state index in [9.17, 15) is 0 Å². The van der Waals surface area contributed by atoms with Crippen LogP contribution in [0.4, 0.5) is 5.69 Å². The first-order valence-corrected chi connectivity index (χ1v) is 7.60. The van der Waals surface area contributed by atoms with Crippen molar-refractivity contribution in [3.05, 3.63) is 65.2 Å². The lowest BCUT2D eigenvalue weighted by Gasteiger charge is -2.12. The number of ether oxygens (including phenoxy) is 1. The van der Waals surface area contributed by atoms with Crippen molar-refractivity contribution >= 4 is 5.69 Å². The number of para-hydroxylation sites is 1. The Morgan fingerprint density at radius 3 is 2.38 bits per heavy atom. The number of benzene rings is 2. The topological polar surface area (TPSA) is 21.3 Å². The van der Waals surface area contributed by atoms with E-state index in [2.05, 4.69) is 67.7 Å². The van der Waals surface area contributed by atoms with Crippen molar-refractivity contribution in [1.29, 1.82) is 0 Å². The second-order valence-corrected chi connectivity index (χ2v) is 5.65. The van der Waals surface area contributed by atoms with E-state index >= 15 is 0 Å². The largest absolute Gasteiger partial charge is 0.384 e. The van der Waals surface area contributed by atoms with Crippen molar-refractivity contribution in [2.45, 2.75) is 32.7 Å². The molecule has 0 aliphatic heterocycles. The molecule has 1 N–H and O–H groups in total. The van der Waals surface area contributed by atoms with E-state index in [1.165, 1.54) is 22.4 Å². The average molecular weight is 283 g/mol. The molecule has 0 aliphatic carbocycles. The maximum Gasteiger partial charge on any atom is 0.0503 e. The molecule has 2 rings (SSSR count). The fourth-order valence-corrected chi connectivity index (χ4v) is 2.34. The average Bonchev–Trinajstić information content (AvgIpc) is 2.52. The summed E-state index contributed by atoms with van der Waals surface area (Å²) < 4.78 is 5.17. The van der Waals surface area contributed by atoms with Crippen LogP contribution < -0.4 is 5.32 Å². The molecule has 0 unspecified atom stereocenters. The molecule has 0 aromatic heterocycles. The van der Waals surface area contributed by atoms with Crippen LogP contribution in [0.2, 0.25) is 0 Å². The van der Waals surface area contributed by atoms with Crippen LogP contribution in [0.3, 0.4) is 0 Å². The number of anilines is 1. The van der Waals surface area contributed by atoms with Gasteiger partial charge in [-0.3, -0.25) is 0 Å². The summed E-state index contributed by atoms with van der Waals surface area (Å²) in [6, 6.07) is 17.3. The molecule has 0 spiro atoms. The van der Waals surface area contributed by atoms with Crippen molar-refractivity contribution in [2.75, 3.05) is 19.0 Å². The standard InChI is InChI=1S/C19H25NO/c1-15(2)17-10-8-16(9-11-17)14-20-19-7-5-4-6-18(19)12-13-21-3/h4-11,15,20H,12-14H2,1-3H3. The van der Waals surface area contributed by atoms with Gasteiger partial charge in [0.2, 0.25) is 0 Å². The highest BCUT2D eigenvalue weighted by molar-refractivity contribution is 5.51. The van der Waals surface area contributed by atoms with Crippen LogP contribution in [-0.4, -0.2) is 13.7 Å². The summed E-state index contributed by atoms with van der Waals surface area (Å²) in [6.07, 6.45) is 0.936. The molecule has 0 fully saturated rings. The third-order valence-corrected chi connectivity index (χ3v) is 3.72. The van der Waals surface area contributed by atoms with Crippen molar-refractivity contribution < 1.29 is 4.74 Å². The maximum atomic E-state index is 5.17. The second kappa shape index (κ2) is 7.84. The van der Waals surface area contributed by atoms with Crippen LogP contribution in [0.15, 0.2) is 48.5 Å². The van der Waals surface area contributed by atoms with Gasteiger partial charge in [0.1, 0.15) is 0 Å². The van der Waals surface area contributed by atoms with E-state index in [0.29, 0.717) is 5.92 Å². The van der Waals surface area contributed by atoms with Crippen molar-refractivity contribution in [3.63, 3.8) is 0 Å². The summed E-state index contributed by atoms with van der Waals surface area (Å²) in [5.41, 5.74) is 5.20. The Morgan fingerprint density at radius 1 is 1.00 bits per heavy atom. The Morgan fingerprint density at radius 2 is 1.71 bits per heavy atom. The molecule has 0 bridgehead atoms. The molecule has 0 heterocycles. The van der Waals surface area contributed by atoms with Crippen LogP contribution in [-0.2, 0) is 17.7 Å². The van der Waals surface area contributed by atoms with E-state index in [4.69, 9.17) is 4.74 Å². The number of hydrogen-bond donors (Lipinski definition) is 1. The smallest absolute Gasteiger partial charge is 0.0503 e. The van der Waals surface area contributed by atoms with Gasteiger partial charge in [-0.15, -0.1) is 0 Å². The Kier molecular flexibility index (Phi) is 5.82. The summed E-state index contributed by atoms with van der Waals surface area (Å²) >= 11 is 0. The van der Waals surface area contributed by atoms with Gasteiger partial charge in [-0.05, 0) is 35.1 Å². The van der Waals surface area contributed by atoms with E-state index in [1.807, 2.05) is 0 Å². The Hall–Kier alpha value is -1.80. The zero-order chi connectivity index (χ0) is 15.1. The summed E-state index contributed by atoms with van der Waals surface area (Å²) in [6.45, 7) is 6.04. The van der Waals surface area contributed by atoms with Crippen molar-refractivity contribution in [3.8, 4) is 0 Å². The molecule has 21 heavy (non-hydrogen) atoms. The molecule has 2 aromatic rings. The fourth-order valence-electron chi connectivity index (χ4n) is 2.34. The van der Waals surface area contributed by atoms with Gasteiger partial charge in [-0.2, -0.15) is 0 Å². The van der Waals surface area contributed by atoms with Gasteiger partial charge in [0, 0.05) is 19.3 Å². The molecule has 0 saturated heterocycles. The van der Waals surface area contributed by atoms with Crippen LogP contribution >= 0.6 is 0 Å². The van der Waals surface area contributed by atoms with Crippen LogP contribution in [0.5, 0.6) is 0 Å². The molecule has 112 valence electrons. The highest BCUT2D eigenvalue weighted by Crippen LogP contribution is 2.18. The molecule has 0 saturated carbocycles. The van der Waals surface area contributed by atoms with Gasteiger partial charge < -0.3 is 10.1 Å². The highest BCUT2D eigenvalue weighted by atomic mass is 16.5. The zero-order valence-corrected chi connectivity index (χ0v) is 13.2. The predicted octanol–water partition coefficient (Wildman–Crippen LogP) is 4.61. The van der Waals surface area contributed by atoms with Crippen LogP contribution in [0.25, 0.3) is 0 Å². The quantitative estimate of drug-likeness (QED) is 0.801. The molecule has 0 amide bonds. The lowest BCUT2D eigenvalue weighted by atomic mass is 10.0. The van der Waals surface area contributed by atoms with E-state index in [-0.39, 0.29) is 0 Å². The van der Waals surface area contributed by atoms with Gasteiger partial charge in [0.05, 0.1) is 6.61 Å². The minimum absolute atomic E-state index is 0.585. The summed E-state index contributed by atoms with van der Waals surface area (Å²) in [5.74, 6) is 0.585. The Bertz CT molecular complexity index is 546. The van der Waals surface area contributed by atoms with Crippen molar-refractivity contribution in [2.24, 2.45) is 0 Å². The van der Waals surface area contributed by atoms with E-state index in [0.717, 1.165) is 19.6 Å². The minimum Gasteiger partial charge on any atom is -0.384 e. The molecule has 2 aromatic carbocycles. The summed E-state index contributed by atoms with van der Waals surface area (Å²) in [7, 11) is 1.74. The fraction of sp³-hybridized carbons (Fsp3) is 0.368. The third kappa shape index (κ3) is 4.61. The van der Waals surface area contributed by atoms with Crippen LogP contribution in [0, 0.1) is 0 Å². The zero-order valence-electron chi connectivity index (χ0n) is 13.2. The van der Waals surface area contributed by atoms with Gasteiger partial charge in [0.25, 0.3) is 0 Å². The van der Waals surface area contributed by atoms with Crippen LogP contribution in [0.1, 0.15) is 36.5 Å². The minimum atomic E-state index is 0.585. The first-order chi connectivity index (χ1) is 10.2. The van der Waals surface area contributed by atoms with Gasteiger partial charge in [-0.1, -0.05) is 56.3 Å². The first kappa shape index (κ1) is 15.6. The predicted molar refractivity (Wildman–Crippen MR) is 89.9 cm³/mol. The molecular weight excluding hydrogens is 258 g/mol. The van der Waals surface area contributed by atoms with Crippen molar-refractivity contribution in [1.82, 2.24) is 0 Å². The molecule has 0 aliphatic rings. The molecule has 0 radical (unpaired) electrons. The normalized spacial score (nSPS) is 10.9. The van der Waals surface area contributed by atoms with E-state index in [1.54, 1.807) is 7.11 Å². The number of rotatable bonds is 7. The number of hydrogen-bond acceptors (Lipinski definition) is 2. The molecule has 2 heteroatoms. The number of nitrogens with one attached hydrogen (secondary N) is 1. The Balaban J connectivity index is 1.99. The van der Waals surface area contributed by atoms with Gasteiger partial charge in [0.15, 0.2) is 0 Å². The SMILES string of the molecule is COCCc1ccccc1NCc1ccc(C(C)C)cc1. The molecule has 0 atom stereocenters. The maximum absolute atomic E-state index is 5.17. The lowest BCUT2D eigenvalue weighted by molar-refractivity contribution is 0.202. The Labute approximate surface area is 128 Å². The monoisotopic (exact) mass is 283 g/mol. The molecular formula is C19H25NO.